The maximum Gasteiger partial charge on any atom is 0.164 e. The molecule has 3 aromatic heterocycles. The predicted octanol–water partition coefficient (Wildman–Crippen LogP) is 20.8. The van der Waals surface area contributed by atoms with E-state index < -0.39 is 5.41 Å². The van der Waals surface area contributed by atoms with Gasteiger partial charge in [-0.3, -0.25) is 0 Å². The molecule has 96 heavy (non-hydrogen) atoms. The average molecular weight is 1240 g/mol. The van der Waals surface area contributed by atoms with E-state index in [0.29, 0.717) is 46.3 Å². The summed E-state index contributed by atoms with van der Waals surface area (Å²) in [5, 5.41) is 11.6. The van der Waals surface area contributed by atoms with Crippen molar-refractivity contribution in [2.24, 2.45) is 5.41 Å². The second-order valence-corrected chi connectivity index (χ2v) is 29.6. The molecule has 0 aliphatic heterocycles. The molecule has 1 atom stereocenters. The van der Waals surface area contributed by atoms with Gasteiger partial charge in [-0.1, -0.05) is 251 Å². The minimum Gasteiger partial charge on any atom is -0.228 e. The van der Waals surface area contributed by atoms with Crippen molar-refractivity contribution < 1.29 is 0 Å². The lowest BCUT2D eigenvalue weighted by molar-refractivity contribution is 0.125. The van der Waals surface area contributed by atoms with Crippen molar-refractivity contribution in [1.82, 2.24) is 39.9 Å². The molecule has 13 aromatic rings. The maximum atomic E-state index is 10.7. The molecule has 0 bridgehead atoms. The Morgan fingerprint density at radius 1 is 0.302 bits per heavy atom. The fourth-order valence-corrected chi connectivity index (χ4v) is 16.2. The molecule has 0 N–H and O–H groups in total. The van der Waals surface area contributed by atoms with Crippen LogP contribution in [0.25, 0.3) is 124 Å². The summed E-state index contributed by atoms with van der Waals surface area (Å²) in [4.78, 5) is 42.3. The Balaban J connectivity index is 0.802. The molecule has 3 aliphatic rings. The van der Waals surface area contributed by atoms with Gasteiger partial charge in [-0.15, -0.1) is 0 Å². The molecular weight excluding hydrogens is 1170 g/mol. The smallest absolute Gasteiger partial charge is 0.164 e. The molecule has 0 saturated carbocycles. The fourth-order valence-electron chi connectivity index (χ4n) is 16.2. The molecule has 0 amide bonds. The Morgan fingerprint density at radius 3 is 1.38 bits per heavy atom. The third-order valence-corrected chi connectivity index (χ3v) is 22.4. The lowest BCUT2D eigenvalue weighted by Gasteiger charge is -2.44. The summed E-state index contributed by atoms with van der Waals surface area (Å²) in [7, 11) is 0. The van der Waals surface area contributed by atoms with Crippen molar-refractivity contribution in [3.05, 3.63) is 275 Å². The van der Waals surface area contributed by atoms with Crippen molar-refractivity contribution in [2.45, 2.75) is 110 Å². The number of fused-ring (bicyclic) bond motifs is 6. The van der Waals surface area contributed by atoms with Gasteiger partial charge < -0.3 is 0 Å². The Labute approximate surface area is 562 Å². The molecule has 9 nitrogen and oxygen atoms in total. The largest absolute Gasteiger partial charge is 0.228 e. The van der Waals surface area contributed by atoms with Crippen molar-refractivity contribution in [3.63, 3.8) is 0 Å². The molecule has 10 aromatic carbocycles. The zero-order valence-electron chi connectivity index (χ0n) is 56.2. The van der Waals surface area contributed by atoms with E-state index in [1.54, 1.807) is 0 Å². The van der Waals surface area contributed by atoms with Gasteiger partial charge in [0.1, 0.15) is 0 Å². The van der Waals surface area contributed by atoms with Crippen LogP contribution in [0.2, 0.25) is 0 Å². The van der Waals surface area contributed by atoms with Crippen LogP contribution in [0.4, 0.5) is 0 Å². The highest BCUT2D eigenvalue weighted by Crippen LogP contribution is 2.62. The summed E-state index contributed by atoms with van der Waals surface area (Å²) in [6, 6.07) is 83.1. The van der Waals surface area contributed by atoms with Crippen LogP contribution in [0.1, 0.15) is 127 Å². The van der Waals surface area contributed by atoms with E-state index in [9.17, 15) is 5.26 Å². The van der Waals surface area contributed by atoms with E-state index >= 15 is 0 Å². The minimum absolute atomic E-state index is 0.00432. The third kappa shape index (κ3) is 9.54. The Bertz CT molecular complexity index is 5390. The standard InChI is InChI=1S/C87H73N9/c1-82(2)51-83(3,4)71-48-60(36-39-68(71)82)80-92-75(54-26-17-13-18-27-54)91-78(95-80)58-31-23-30-57(44-58)77-89-73-41-37-63(49-66(73)74(90-77)53-24-15-12-16-25-53)87(11)67-33-22-21-32-64(67)65-38-34-59(47-70(65)87)79-93-76(55-28-19-14-20-29-55)94-81(96-79)62-43-52(50-88)42-61(45-62)56-35-40-69-72(46-56)85(7,8)86(9,10)84(69,5)6/h12-49H,51H2,1-11H3. The van der Waals surface area contributed by atoms with Crippen LogP contribution in [-0.4, -0.2) is 39.9 Å². The van der Waals surface area contributed by atoms with Gasteiger partial charge in [0.05, 0.1) is 22.8 Å². The maximum absolute atomic E-state index is 10.7. The van der Waals surface area contributed by atoms with Gasteiger partial charge in [0.2, 0.25) is 0 Å². The SMILES string of the molecule is CC1(C)CC(C)(C)c2cc(-c3nc(-c4ccccc4)nc(-c4cccc(-c5nc(-c6ccccc6)c6cc(C7(C)c8ccccc8-c8ccc(-c9nc(-c%10ccccc%10)nc(-c%10cc(C#N)cc(-c%11ccc%12c(c%11)C(C)(C)C(C)(C)C%12(C)C)c%10)n9)cc87)ccc6n5)c4)n3)ccc21. The highest BCUT2D eigenvalue weighted by atomic mass is 15.0. The number of rotatable bonds is 10. The first-order chi connectivity index (χ1) is 46.1. The summed E-state index contributed by atoms with van der Waals surface area (Å²) in [6.45, 7) is 25.9. The Morgan fingerprint density at radius 2 is 0.750 bits per heavy atom. The average Bonchev–Trinajstić information content (AvgIpc) is 1.56. The van der Waals surface area contributed by atoms with Crippen LogP contribution >= 0.6 is 0 Å². The fraction of sp³-hybridized carbons (Fsp3) is 0.207. The predicted molar refractivity (Wildman–Crippen MR) is 388 cm³/mol. The van der Waals surface area contributed by atoms with E-state index in [0.717, 1.165) is 95.3 Å². The number of aromatic nitrogens is 8. The van der Waals surface area contributed by atoms with Crippen molar-refractivity contribution in [1.29, 1.82) is 5.26 Å². The van der Waals surface area contributed by atoms with E-state index in [2.05, 4.69) is 228 Å². The third-order valence-electron chi connectivity index (χ3n) is 22.4. The van der Waals surface area contributed by atoms with E-state index in [4.69, 9.17) is 39.9 Å². The lowest BCUT2D eigenvalue weighted by atomic mass is 9.59. The lowest BCUT2D eigenvalue weighted by Crippen LogP contribution is -2.42. The molecular formula is C87H73N9. The number of hydrogen-bond acceptors (Lipinski definition) is 9. The summed E-state index contributed by atoms with van der Waals surface area (Å²) in [6.07, 6.45) is 1.07. The quantitative estimate of drug-likeness (QED) is 0.131. The summed E-state index contributed by atoms with van der Waals surface area (Å²) in [5.74, 6) is 3.95. The van der Waals surface area contributed by atoms with Crippen LogP contribution in [0.3, 0.4) is 0 Å². The minimum atomic E-state index is -0.644. The van der Waals surface area contributed by atoms with Gasteiger partial charge in [-0.05, 0) is 150 Å². The highest BCUT2D eigenvalue weighted by molar-refractivity contribution is 5.96. The second kappa shape index (κ2) is 21.8. The molecule has 3 aliphatic carbocycles. The molecule has 0 fully saturated rings. The summed E-state index contributed by atoms with van der Waals surface area (Å²) in [5.41, 5.74) is 21.6. The van der Waals surface area contributed by atoms with Gasteiger partial charge in [0.25, 0.3) is 0 Å². The first-order valence-electron chi connectivity index (χ1n) is 33.3. The van der Waals surface area contributed by atoms with Gasteiger partial charge >= 0.3 is 0 Å². The topological polar surface area (TPSA) is 127 Å². The molecule has 1 unspecified atom stereocenters. The van der Waals surface area contributed by atoms with Gasteiger partial charge in [0.15, 0.2) is 40.8 Å². The van der Waals surface area contributed by atoms with Gasteiger partial charge in [0, 0.05) is 55.3 Å². The second-order valence-electron chi connectivity index (χ2n) is 29.6. The zero-order valence-corrected chi connectivity index (χ0v) is 56.2. The van der Waals surface area contributed by atoms with Gasteiger partial charge in [-0.25, -0.2) is 39.9 Å². The van der Waals surface area contributed by atoms with E-state index in [1.807, 2.05) is 84.9 Å². The Hall–Kier alpha value is -11.0. The number of nitriles is 1. The molecule has 3 heterocycles. The van der Waals surface area contributed by atoms with Gasteiger partial charge in [-0.2, -0.15) is 5.26 Å². The molecule has 16 rings (SSSR count). The summed E-state index contributed by atoms with van der Waals surface area (Å²) < 4.78 is 0. The van der Waals surface area contributed by atoms with Crippen molar-refractivity contribution >= 4 is 10.9 Å². The van der Waals surface area contributed by atoms with Crippen LogP contribution in [0.15, 0.2) is 231 Å². The molecule has 466 valence electrons. The molecule has 0 saturated heterocycles. The molecule has 9 heteroatoms. The van der Waals surface area contributed by atoms with Crippen molar-refractivity contribution in [2.75, 3.05) is 0 Å². The number of benzene rings is 10. The first-order valence-corrected chi connectivity index (χ1v) is 33.3. The van der Waals surface area contributed by atoms with Crippen molar-refractivity contribution in [3.8, 4) is 119 Å². The van der Waals surface area contributed by atoms with Crippen LogP contribution in [0, 0.1) is 16.7 Å². The molecule has 0 radical (unpaired) electrons. The normalized spacial score (nSPS) is 17.1. The van der Waals surface area contributed by atoms with Crippen LogP contribution < -0.4 is 0 Å². The van der Waals surface area contributed by atoms with E-state index in [-0.39, 0.29) is 27.1 Å². The number of nitrogens with zero attached hydrogens (tertiary/aromatic N) is 9. The summed E-state index contributed by atoms with van der Waals surface area (Å²) >= 11 is 0. The first kappa shape index (κ1) is 60.0. The van der Waals surface area contributed by atoms with E-state index in [1.165, 1.54) is 33.4 Å². The zero-order chi connectivity index (χ0) is 66.3. The monoisotopic (exact) mass is 1240 g/mol. The highest BCUT2D eigenvalue weighted by Gasteiger charge is 2.57. The number of hydrogen-bond donors (Lipinski definition) is 0. The van der Waals surface area contributed by atoms with Crippen LogP contribution in [0.5, 0.6) is 0 Å². The molecule has 0 spiro atoms. The van der Waals surface area contributed by atoms with Crippen LogP contribution in [-0.2, 0) is 27.1 Å². The Kier molecular flexibility index (Phi) is 13.6.